The number of hydrogen-bond acceptors (Lipinski definition) is 5. The summed E-state index contributed by atoms with van der Waals surface area (Å²) in [6.07, 6.45) is 1.57. The van der Waals surface area contributed by atoms with Gasteiger partial charge >= 0.3 is 11.8 Å². The Morgan fingerprint density at radius 2 is 2.12 bits per heavy atom. The van der Waals surface area contributed by atoms with E-state index in [1.807, 2.05) is 6.92 Å². The van der Waals surface area contributed by atoms with Gasteiger partial charge in [0.05, 0.1) is 6.54 Å². The molecule has 17 heavy (non-hydrogen) atoms. The molecule has 8 heteroatoms. The standard InChI is InChI=1S/C9H16N6O2/c1-2-15-6-13-14-7(15)5-12-9(17)8(16)11-4-3-10/h6H,2-5,10H2,1H3,(H,11,16)(H,12,17). The first-order valence-electron chi connectivity index (χ1n) is 5.31. The molecule has 1 aromatic heterocycles. The number of aryl methyl sites for hydroxylation is 1. The van der Waals surface area contributed by atoms with E-state index in [9.17, 15) is 9.59 Å². The summed E-state index contributed by atoms with van der Waals surface area (Å²) in [6, 6.07) is 0. The number of nitrogens with one attached hydrogen (secondary N) is 2. The summed E-state index contributed by atoms with van der Waals surface area (Å²) in [7, 11) is 0. The van der Waals surface area contributed by atoms with Crippen molar-refractivity contribution in [2.75, 3.05) is 13.1 Å². The molecule has 0 aliphatic carbocycles. The molecule has 8 nitrogen and oxygen atoms in total. The van der Waals surface area contributed by atoms with Gasteiger partial charge in [-0.25, -0.2) is 0 Å². The van der Waals surface area contributed by atoms with E-state index in [1.54, 1.807) is 10.9 Å². The number of carbonyl (C=O) groups excluding carboxylic acids is 2. The van der Waals surface area contributed by atoms with Gasteiger partial charge in [0.25, 0.3) is 0 Å². The Morgan fingerprint density at radius 3 is 2.76 bits per heavy atom. The zero-order valence-corrected chi connectivity index (χ0v) is 9.64. The Balaban J connectivity index is 2.40. The second-order valence-corrected chi connectivity index (χ2v) is 3.26. The first-order valence-corrected chi connectivity index (χ1v) is 5.31. The fourth-order valence-corrected chi connectivity index (χ4v) is 1.19. The molecule has 94 valence electrons. The quantitative estimate of drug-likeness (QED) is 0.514. The predicted molar refractivity (Wildman–Crippen MR) is 59.6 cm³/mol. The van der Waals surface area contributed by atoms with Gasteiger partial charge in [0, 0.05) is 19.6 Å². The average Bonchev–Trinajstić information content (AvgIpc) is 2.80. The molecule has 1 rings (SSSR count). The minimum absolute atomic E-state index is 0.169. The number of nitrogens with zero attached hydrogens (tertiary/aromatic N) is 3. The maximum Gasteiger partial charge on any atom is 0.309 e. The highest BCUT2D eigenvalue weighted by Crippen LogP contribution is 1.93. The van der Waals surface area contributed by atoms with Gasteiger partial charge in [-0.2, -0.15) is 0 Å². The molecule has 0 saturated heterocycles. The van der Waals surface area contributed by atoms with Gasteiger partial charge in [0.1, 0.15) is 6.33 Å². The van der Waals surface area contributed by atoms with E-state index in [4.69, 9.17) is 5.73 Å². The molecule has 0 aliphatic rings. The molecule has 2 amide bonds. The van der Waals surface area contributed by atoms with Crippen molar-refractivity contribution in [2.24, 2.45) is 5.73 Å². The lowest BCUT2D eigenvalue weighted by Gasteiger charge is -2.06. The highest BCUT2D eigenvalue weighted by atomic mass is 16.2. The second-order valence-electron chi connectivity index (χ2n) is 3.26. The third kappa shape index (κ3) is 3.83. The summed E-state index contributed by atoms with van der Waals surface area (Å²) >= 11 is 0. The largest absolute Gasteiger partial charge is 0.347 e. The molecular formula is C9H16N6O2. The van der Waals surface area contributed by atoms with Crippen molar-refractivity contribution in [3.8, 4) is 0 Å². The molecule has 0 aliphatic heterocycles. The highest BCUT2D eigenvalue weighted by Gasteiger charge is 2.13. The van der Waals surface area contributed by atoms with Crippen molar-refractivity contribution in [3.63, 3.8) is 0 Å². The summed E-state index contributed by atoms with van der Waals surface area (Å²) in [5.41, 5.74) is 5.20. The van der Waals surface area contributed by atoms with E-state index in [-0.39, 0.29) is 13.1 Å². The van der Waals surface area contributed by atoms with Crippen LogP contribution in [0.1, 0.15) is 12.7 Å². The van der Waals surface area contributed by atoms with Gasteiger partial charge in [-0.15, -0.1) is 10.2 Å². The summed E-state index contributed by atoms with van der Waals surface area (Å²) < 4.78 is 1.78. The van der Waals surface area contributed by atoms with Crippen molar-refractivity contribution in [3.05, 3.63) is 12.2 Å². The van der Waals surface area contributed by atoms with E-state index in [1.165, 1.54) is 0 Å². The minimum Gasteiger partial charge on any atom is -0.347 e. The molecule has 0 saturated carbocycles. The molecule has 1 aromatic rings. The monoisotopic (exact) mass is 240 g/mol. The van der Waals surface area contributed by atoms with Gasteiger partial charge < -0.3 is 20.9 Å². The number of nitrogens with two attached hydrogens (primary N) is 1. The van der Waals surface area contributed by atoms with Gasteiger partial charge in [-0.3, -0.25) is 9.59 Å². The number of hydrogen-bond donors (Lipinski definition) is 3. The lowest BCUT2D eigenvalue weighted by atomic mass is 10.4. The van der Waals surface area contributed by atoms with Crippen LogP contribution in [0.4, 0.5) is 0 Å². The first-order chi connectivity index (χ1) is 8.19. The van der Waals surface area contributed by atoms with Crippen molar-refractivity contribution in [2.45, 2.75) is 20.0 Å². The Morgan fingerprint density at radius 1 is 1.41 bits per heavy atom. The molecule has 1 heterocycles. The normalized spacial score (nSPS) is 10.0. The van der Waals surface area contributed by atoms with E-state index in [2.05, 4.69) is 20.8 Å². The summed E-state index contributed by atoms with van der Waals surface area (Å²) in [5.74, 6) is -0.797. The Hall–Kier alpha value is -1.96. The van der Waals surface area contributed by atoms with E-state index in [0.29, 0.717) is 18.9 Å². The maximum atomic E-state index is 11.3. The molecule has 0 radical (unpaired) electrons. The minimum atomic E-state index is -0.705. The predicted octanol–water partition coefficient (Wildman–Crippen LogP) is -2.01. The summed E-state index contributed by atoms with van der Waals surface area (Å²) in [4.78, 5) is 22.5. The van der Waals surface area contributed by atoms with Crippen LogP contribution in [0.2, 0.25) is 0 Å². The molecule has 0 atom stereocenters. The van der Waals surface area contributed by atoms with Gasteiger partial charge in [0.2, 0.25) is 0 Å². The van der Waals surface area contributed by atoms with E-state index in [0.717, 1.165) is 0 Å². The Kier molecular flexibility index (Phi) is 5.08. The third-order valence-electron chi connectivity index (χ3n) is 2.08. The van der Waals surface area contributed by atoms with Crippen LogP contribution in [0, 0.1) is 0 Å². The molecule has 0 bridgehead atoms. The Labute approximate surface area is 98.6 Å². The number of rotatable bonds is 5. The van der Waals surface area contributed by atoms with Crippen LogP contribution in [-0.4, -0.2) is 39.7 Å². The van der Waals surface area contributed by atoms with Crippen LogP contribution < -0.4 is 16.4 Å². The maximum absolute atomic E-state index is 11.3. The van der Waals surface area contributed by atoms with Crippen LogP contribution in [-0.2, 0) is 22.7 Å². The first kappa shape index (κ1) is 13.1. The van der Waals surface area contributed by atoms with E-state index >= 15 is 0 Å². The smallest absolute Gasteiger partial charge is 0.309 e. The topological polar surface area (TPSA) is 115 Å². The van der Waals surface area contributed by atoms with Gasteiger partial charge in [-0.1, -0.05) is 0 Å². The molecular weight excluding hydrogens is 224 g/mol. The molecule has 4 N–H and O–H groups in total. The number of amides is 2. The van der Waals surface area contributed by atoms with Gasteiger partial charge in [0.15, 0.2) is 5.82 Å². The number of aromatic nitrogens is 3. The van der Waals surface area contributed by atoms with Crippen molar-refractivity contribution in [1.29, 1.82) is 0 Å². The Bertz CT molecular complexity index is 389. The zero-order chi connectivity index (χ0) is 12.7. The fourth-order valence-electron chi connectivity index (χ4n) is 1.19. The SMILES string of the molecule is CCn1cnnc1CNC(=O)C(=O)NCCN. The number of carbonyl (C=O) groups is 2. The molecule has 0 aromatic carbocycles. The van der Waals surface area contributed by atoms with Crippen molar-refractivity contribution >= 4 is 11.8 Å². The summed E-state index contributed by atoms with van der Waals surface area (Å²) in [5, 5.41) is 12.4. The molecule has 0 unspecified atom stereocenters. The average molecular weight is 240 g/mol. The van der Waals surface area contributed by atoms with Gasteiger partial charge in [-0.05, 0) is 6.92 Å². The zero-order valence-electron chi connectivity index (χ0n) is 9.64. The summed E-state index contributed by atoms with van der Waals surface area (Å²) in [6.45, 7) is 3.38. The van der Waals surface area contributed by atoms with Crippen molar-refractivity contribution in [1.82, 2.24) is 25.4 Å². The fraction of sp³-hybridized carbons (Fsp3) is 0.556. The lowest BCUT2D eigenvalue weighted by molar-refractivity contribution is -0.139. The van der Waals surface area contributed by atoms with Crippen LogP contribution in [0.25, 0.3) is 0 Å². The van der Waals surface area contributed by atoms with E-state index < -0.39 is 11.8 Å². The van der Waals surface area contributed by atoms with Crippen LogP contribution >= 0.6 is 0 Å². The highest BCUT2D eigenvalue weighted by molar-refractivity contribution is 6.35. The second kappa shape index (κ2) is 6.59. The lowest BCUT2D eigenvalue weighted by Crippen LogP contribution is -2.41. The molecule has 0 spiro atoms. The third-order valence-corrected chi connectivity index (χ3v) is 2.08. The van der Waals surface area contributed by atoms with Crippen LogP contribution in [0.15, 0.2) is 6.33 Å². The molecule has 0 fully saturated rings. The van der Waals surface area contributed by atoms with Crippen molar-refractivity contribution < 1.29 is 9.59 Å². The van der Waals surface area contributed by atoms with Crippen LogP contribution in [0.3, 0.4) is 0 Å². The van der Waals surface area contributed by atoms with Crippen LogP contribution in [0.5, 0.6) is 0 Å².